The molecule has 0 fully saturated rings. The molecular weight excluding hydrogens is 474 g/mol. The fourth-order valence-corrected chi connectivity index (χ4v) is 4.10. The molecule has 2 aromatic carbocycles. The zero-order valence-electron chi connectivity index (χ0n) is 19.2. The van der Waals surface area contributed by atoms with Crippen LogP contribution in [-0.2, 0) is 11.3 Å². The van der Waals surface area contributed by atoms with Crippen molar-refractivity contribution in [2.24, 2.45) is 0 Å². The van der Waals surface area contributed by atoms with Gasteiger partial charge in [-0.1, -0.05) is 35.5 Å². The van der Waals surface area contributed by atoms with Gasteiger partial charge in [-0.3, -0.25) is 9.59 Å². The second-order valence-electron chi connectivity index (χ2n) is 7.41. The van der Waals surface area contributed by atoms with Gasteiger partial charge in [0.2, 0.25) is 5.91 Å². The number of hydrogen-bond donors (Lipinski definition) is 2. The third-order valence-electron chi connectivity index (χ3n) is 5.02. The molecule has 0 radical (unpaired) electrons. The van der Waals surface area contributed by atoms with Crippen LogP contribution in [-0.4, -0.2) is 39.4 Å². The Hall–Kier alpha value is -3.30. The molecule has 34 heavy (non-hydrogen) atoms. The number of carbonyl (C=O) groups is 2. The summed E-state index contributed by atoms with van der Waals surface area (Å²) in [6, 6.07) is 11.8. The molecule has 0 aliphatic heterocycles. The Balaban J connectivity index is 1.66. The Morgan fingerprint density at radius 2 is 1.97 bits per heavy atom. The van der Waals surface area contributed by atoms with Crippen LogP contribution in [0.3, 0.4) is 0 Å². The minimum atomic E-state index is -0.417. The molecule has 0 aliphatic rings. The van der Waals surface area contributed by atoms with Gasteiger partial charge in [-0.2, -0.15) is 0 Å². The third-order valence-corrected chi connectivity index (χ3v) is 6.39. The fraction of sp³-hybridized carbons (Fsp3) is 0.250. The summed E-state index contributed by atoms with van der Waals surface area (Å²) in [6.07, 6.45) is 1.71. The molecule has 1 atom stereocenters. The summed E-state index contributed by atoms with van der Waals surface area (Å²) in [5.41, 5.74) is 1.98. The predicted octanol–water partition coefficient (Wildman–Crippen LogP) is 4.66. The number of halogens is 1. The van der Waals surface area contributed by atoms with Crippen LogP contribution in [0.2, 0.25) is 5.02 Å². The number of ether oxygens (including phenoxy) is 1. The fourth-order valence-electron chi connectivity index (χ4n) is 3.17. The number of allylic oxidation sites excluding steroid dienone is 1. The number of amides is 2. The monoisotopic (exact) mass is 499 g/mol. The molecule has 10 heteroatoms. The van der Waals surface area contributed by atoms with Crippen LogP contribution in [0.1, 0.15) is 34.7 Å². The maximum absolute atomic E-state index is 12.6. The van der Waals surface area contributed by atoms with E-state index in [9.17, 15) is 9.59 Å². The number of nitrogens with zero attached hydrogens (tertiary/aromatic N) is 3. The van der Waals surface area contributed by atoms with Crippen molar-refractivity contribution < 1.29 is 14.3 Å². The van der Waals surface area contributed by atoms with Crippen LogP contribution in [0.25, 0.3) is 0 Å². The van der Waals surface area contributed by atoms with Crippen molar-refractivity contribution in [2.75, 3.05) is 18.2 Å². The summed E-state index contributed by atoms with van der Waals surface area (Å²) in [5.74, 6) is 0.940. The van der Waals surface area contributed by atoms with Gasteiger partial charge in [-0.15, -0.1) is 16.8 Å². The first kappa shape index (κ1) is 25.3. The van der Waals surface area contributed by atoms with E-state index in [1.165, 1.54) is 11.8 Å². The molecule has 0 bridgehead atoms. The minimum absolute atomic E-state index is 0.133. The predicted molar refractivity (Wildman–Crippen MR) is 135 cm³/mol. The zero-order chi connectivity index (χ0) is 24.7. The number of aromatic nitrogens is 3. The minimum Gasteiger partial charge on any atom is -0.497 e. The van der Waals surface area contributed by atoms with E-state index in [2.05, 4.69) is 27.4 Å². The van der Waals surface area contributed by atoms with Crippen molar-refractivity contribution in [3.63, 3.8) is 0 Å². The quantitative estimate of drug-likeness (QED) is 0.311. The highest BCUT2D eigenvalue weighted by atomic mass is 35.5. The lowest BCUT2D eigenvalue weighted by Crippen LogP contribution is -2.28. The standard InChI is InChI=1S/C24H26ClN5O3S/c1-5-13-30-22(16(3)26-23(32)17-9-11-18(33-4)12-10-17)28-29-24(30)34-14-21(31)27-20-8-6-7-19(25)15(20)2/h5-12,16H,1,13-14H2,2-4H3,(H,26,32)(H,27,31). The molecule has 2 N–H and O–H groups in total. The second-order valence-corrected chi connectivity index (χ2v) is 8.76. The first-order valence-corrected chi connectivity index (χ1v) is 11.9. The SMILES string of the molecule is C=CCn1c(SCC(=O)Nc2cccc(Cl)c2C)nnc1C(C)NC(=O)c1ccc(OC)cc1. The van der Waals surface area contributed by atoms with Gasteiger partial charge in [0, 0.05) is 22.8 Å². The van der Waals surface area contributed by atoms with E-state index in [0.29, 0.717) is 39.5 Å². The molecule has 3 rings (SSSR count). The average Bonchev–Trinajstić information content (AvgIpc) is 3.23. The van der Waals surface area contributed by atoms with Gasteiger partial charge in [0.05, 0.1) is 18.9 Å². The summed E-state index contributed by atoms with van der Waals surface area (Å²) in [7, 11) is 1.57. The molecule has 0 aliphatic carbocycles. The largest absolute Gasteiger partial charge is 0.497 e. The Kier molecular flexibility index (Phi) is 8.72. The smallest absolute Gasteiger partial charge is 0.251 e. The molecule has 1 heterocycles. The number of nitrogens with one attached hydrogen (secondary N) is 2. The van der Waals surface area contributed by atoms with Gasteiger partial charge in [-0.05, 0) is 55.8 Å². The molecule has 178 valence electrons. The van der Waals surface area contributed by atoms with E-state index in [4.69, 9.17) is 16.3 Å². The van der Waals surface area contributed by atoms with Gasteiger partial charge in [0.1, 0.15) is 5.75 Å². The lowest BCUT2D eigenvalue weighted by molar-refractivity contribution is -0.113. The van der Waals surface area contributed by atoms with Crippen molar-refractivity contribution in [2.45, 2.75) is 31.6 Å². The zero-order valence-corrected chi connectivity index (χ0v) is 20.7. The number of benzene rings is 2. The first-order valence-electron chi connectivity index (χ1n) is 10.5. The number of anilines is 1. The number of hydrogen-bond acceptors (Lipinski definition) is 6. The van der Waals surface area contributed by atoms with Crippen molar-refractivity contribution >= 4 is 40.9 Å². The molecule has 0 saturated carbocycles. The van der Waals surface area contributed by atoms with Gasteiger partial charge in [0.15, 0.2) is 11.0 Å². The highest BCUT2D eigenvalue weighted by Gasteiger charge is 2.20. The van der Waals surface area contributed by atoms with Crippen molar-refractivity contribution in [1.82, 2.24) is 20.1 Å². The Morgan fingerprint density at radius 1 is 1.24 bits per heavy atom. The van der Waals surface area contributed by atoms with E-state index in [0.717, 1.165) is 5.56 Å². The maximum Gasteiger partial charge on any atom is 0.251 e. The van der Waals surface area contributed by atoms with Gasteiger partial charge < -0.3 is 19.9 Å². The molecule has 0 saturated heterocycles. The maximum atomic E-state index is 12.6. The number of rotatable bonds is 10. The highest BCUT2D eigenvalue weighted by Crippen LogP contribution is 2.25. The van der Waals surface area contributed by atoms with E-state index >= 15 is 0 Å². The van der Waals surface area contributed by atoms with Crippen molar-refractivity contribution in [3.8, 4) is 5.75 Å². The Labute approximate surface area is 207 Å². The van der Waals surface area contributed by atoms with E-state index in [1.807, 2.05) is 18.4 Å². The van der Waals surface area contributed by atoms with E-state index in [1.54, 1.807) is 55.7 Å². The average molecular weight is 500 g/mol. The second kappa shape index (κ2) is 11.7. The molecule has 1 aromatic heterocycles. The summed E-state index contributed by atoms with van der Waals surface area (Å²) >= 11 is 7.38. The van der Waals surface area contributed by atoms with E-state index in [-0.39, 0.29) is 17.6 Å². The summed E-state index contributed by atoms with van der Waals surface area (Å²) < 4.78 is 6.96. The Morgan fingerprint density at radius 3 is 2.65 bits per heavy atom. The van der Waals surface area contributed by atoms with Crippen LogP contribution in [0.4, 0.5) is 5.69 Å². The van der Waals surface area contributed by atoms with Crippen molar-refractivity contribution in [1.29, 1.82) is 0 Å². The summed E-state index contributed by atoms with van der Waals surface area (Å²) in [5, 5.41) is 15.4. The number of methoxy groups -OCH3 is 1. The first-order chi connectivity index (χ1) is 16.3. The van der Waals surface area contributed by atoms with Gasteiger partial charge >= 0.3 is 0 Å². The molecule has 0 spiro atoms. The Bertz CT molecular complexity index is 1180. The molecule has 2 amide bonds. The van der Waals surface area contributed by atoms with Crippen molar-refractivity contribution in [3.05, 3.63) is 77.1 Å². The van der Waals surface area contributed by atoms with Gasteiger partial charge in [-0.25, -0.2) is 0 Å². The molecule has 8 nitrogen and oxygen atoms in total. The molecular formula is C24H26ClN5O3S. The topological polar surface area (TPSA) is 98.1 Å². The van der Waals surface area contributed by atoms with E-state index < -0.39 is 6.04 Å². The summed E-state index contributed by atoms with van der Waals surface area (Å²) in [6.45, 7) is 7.90. The van der Waals surface area contributed by atoms with Crippen LogP contribution in [0.15, 0.2) is 60.3 Å². The lowest BCUT2D eigenvalue weighted by atomic mass is 10.2. The van der Waals surface area contributed by atoms with Crippen LogP contribution >= 0.6 is 23.4 Å². The number of carbonyl (C=O) groups excluding carboxylic acids is 2. The third kappa shape index (κ3) is 6.18. The van der Waals surface area contributed by atoms with Crippen LogP contribution < -0.4 is 15.4 Å². The summed E-state index contributed by atoms with van der Waals surface area (Å²) in [4.78, 5) is 25.1. The normalized spacial score (nSPS) is 11.5. The van der Waals surface area contributed by atoms with Crippen LogP contribution in [0.5, 0.6) is 5.75 Å². The highest BCUT2D eigenvalue weighted by molar-refractivity contribution is 7.99. The number of thioether (sulfide) groups is 1. The lowest BCUT2D eigenvalue weighted by Gasteiger charge is -2.15. The van der Waals surface area contributed by atoms with Crippen LogP contribution in [0, 0.1) is 6.92 Å². The molecule has 3 aromatic rings. The molecule has 1 unspecified atom stereocenters. The van der Waals surface area contributed by atoms with Gasteiger partial charge in [0.25, 0.3) is 5.91 Å².